The molecule has 0 amide bonds. The molecule has 0 unspecified atom stereocenters. The first-order valence-electron chi connectivity index (χ1n) is 4.24. The molecule has 0 radical (unpaired) electrons. The number of methoxy groups -OCH3 is 1. The Balaban J connectivity index is 2.92. The normalized spacial score (nSPS) is 9.00. The first-order valence-corrected chi connectivity index (χ1v) is 4.88. The number of phenolic OH excluding ortho intramolecular Hbond substituents is 1. The predicted octanol–water partition coefficient (Wildman–Crippen LogP) is 2.07. The molecule has 0 aromatic heterocycles. The van der Waals surface area contributed by atoms with Gasteiger partial charge in [0.15, 0.2) is 0 Å². The highest BCUT2D eigenvalue weighted by atomic mass is 32.1. The molecule has 14 heavy (non-hydrogen) atoms. The highest BCUT2D eigenvalue weighted by Crippen LogP contribution is 2.22. The Hall–Kier alpha value is -1.27. The van der Waals surface area contributed by atoms with Gasteiger partial charge in [0.25, 0.3) is 0 Å². The average molecular weight is 208 g/mol. The van der Waals surface area contributed by atoms with Crippen molar-refractivity contribution in [2.45, 2.75) is 6.42 Å². The van der Waals surface area contributed by atoms with Gasteiger partial charge in [-0.05, 0) is 12.1 Å². The lowest BCUT2D eigenvalue weighted by molar-refractivity contribution is 0.406. The van der Waals surface area contributed by atoms with E-state index in [2.05, 4.69) is 24.5 Å². The number of aromatic hydroxyl groups is 1. The summed E-state index contributed by atoms with van der Waals surface area (Å²) in [6.45, 7) is 0. The molecule has 2 nitrogen and oxygen atoms in total. The van der Waals surface area contributed by atoms with Crippen LogP contribution in [0.3, 0.4) is 0 Å². The third-order valence-electron chi connectivity index (χ3n) is 1.64. The Morgan fingerprint density at radius 3 is 2.93 bits per heavy atom. The summed E-state index contributed by atoms with van der Waals surface area (Å²) in [6, 6.07) is 4.87. The van der Waals surface area contributed by atoms with E-state index in [4.69, 9.17) is 4.74 Å². The van der Waals surface area contributed by atoms with Gasteiger partial charge < -0.3 is 9.84 Å². The van der Waals surface area contributed by atoms with E-state index in [0.29, 0.717) is 5.75 Å². The summed E-state index contributed by atoms with van der Waals surface area (Å²) in [4.78, 5) is 0. The van der Waals surface area contributed by atoms with Gasteiger partial charge in [-0.2, -0.15) is 12.6 Å². The van der Waals surface area contributed by atoms with Crippen LogP contribution in [-0.2, 0) is 0 Å². The highest BCUT2D eigenvalue weighted by Gasteiger charge is 2.00. The molecule has 3 heteroatoms. The van der Waals surface area contributed by atoms with Crippen LogP contribution in [0.2, 0.25) is 0 Å². The van der Waals surface area contributed by atoms with Crippen molar-refractivity contribution >= 4 is 12.6 Å². The van der Waals surface area contributed by atoms with Crippen molar-refractivity contribution in [2.75, 3.05) is 12.9 Å². The van der Waals surface area contributed by atoms with Crippen LogP contribution in [0.1, 0.15) is 12.0 Å². The van der Waals surface area contributed by atoms with Gasteiger partial charge in [0.05, 0.1) is 12.7 Å². The van der Waals surface area contributed by atoms with Crippen molar-refractivity contribution in [3.05, 3.63) is 23.8 Å². The van der Waals surface area contributed by atoms with Gasteiger partial charge in [-0.25, -0.2) is 0 Å². The van der Waals surface area contributed by atoms with Gasteiger partial charge in [0.1, 0.15) is 11.5 Å². The van der Waals surface area contributed by atoms with Crippen molar-refractivity contribution < 1.29 is 9.84 Å². The van der Waals surface area contributed by atoms with E-state index in [1.165, 1.54) is 0 Å². The highest BCUT2D eigenvalue weighted by molar-refractivity contribution is 7.80. The minimum atomic E-state index is 0.182. The fourth-order valence-electron chi connectivity index (χ4n) is 0.997. The van der Waals surface area contributed by atoms with E-state index in [0.717, 1.165) is 17.7 Å². The van der Waals surface area contributed by atoms with Gasteiger partial charge in [0, 0.05) is 18.2 Å². The summed E-state index contributed by atoms with van der Waals surface area (Å²) < 4.78 is 5.08. The monoisotopic (exact) mass is 208 g/mol. The smallest absolute Gasteiger partial charge is 0.138 e. The molecule has 0 aliphatic rings. The molecule has 74 valence electrons. The molecular formula is C11H12O2S. The molecule has 0 saturated heterocycles. The summed E-state index contributed by atoms with van der Waals surface area (Å²) >= 11 is 4.06. The molecule has 1 aromatic carbocycles. The van der Waals surface area contributed by atoms with Crippen molar-refractivity contribution in [1.29, 1.82) is 0 Å². The number of phenols is 1. The quantitative estimate of drug-likeness (QED) is 0.575. The lowest BCUT2D eigenvalue weighted by atomic mass is 10.2. The zero-order valence-corrected chi connectivity index (χ0v) is 8.84. The maximum absolute atomic E-state index is 9.20. The van der Waals surface area contributed by atoms with Gasteiger partial charge in [-0.3, -0.25) is 0 Å². The summed E-state index contributed by atoms with van der Waals surface area (Å²) in [7, 11) is 1.55. The Morgan fingerprint density at radius 2 is 2.29 bits per heavy atom. The maximum atomic E-state index is 9.20. The Morgan fingerprint density at radius 1 is 1.50 bits per heavy atom. The summed E-state index contributed by atoms with van der Waals surface area (Å²) in [5.74, 6) is 7.43. The zero-order valence-electron chi connectivity index (χ0n) is 7.95. The minimum Gasteiger partial charge on any atom is -0.508 e. The fourth-order valence-corrected chi connectivity index (χ4v) is 1.11. The SMILES string of the molecule is COc1cc(O)ccc1C#CCCS. The van der Waals surface area contributed by atoms with Crippen molar-refractivity contribution in [3.63, 3.8) is 0 Å². The second-order valence-corrected chi connectivity index (χ2v) is 3.11. The molecule has 0 bridgehead atoms. The lowest BCUT2D eigenvalue weighted by Crippen LogP contribution is -1.87. The second-order valence-electron chi connectivity index (χ2n) is 2.66. The van der Waals surface area contributed by atoms with E-state index in [9.17, 15) is 5.11 Å². The number of rotatable bonds is 2. The average Bonchev–Trinajstić information content (AvgIpc) is 2.20. The standard InChI is InChI=1S/C11H12O2S/c1-13-11-8-10(12)6-5-9(11)4-2-3-7-14/h5-6,8,12,14H,3,7H2,1H3. The number of benzene rings is 1. The lowest BCUT2D eigenvalue weighted by Gasteiger charge is -2.02. The number of ether oxygens (including phenoxy) is 1. The summed E-state index contributed by atoms with van der Waals surface area (Å²) in [5.41, 5.74) is 0.784. The summed E-state index contributed by atoms with van der Waals surface area (Å²) in [5, 5.41) is 9.20. The van der Waals surface area contributed by atoms with Crippen molar-refractivity contribution in [2.24, 2.45) is 0 Å². The van der Waals surface area contributed by atoms with Gasteiger partial charge in [-0.1, -0.05) is 11.8 Å². The predicted molar refractivity (Wildman–Crippen MR) is 60.0 cm³/mol. The third-order valence-corrected chi connectivity index (χ3v) is 1.87. The van der Waals surface area contributed by atoms with Gasteiger partial charge >= 0.3 is 0 Å². The molecule has 1 rings (SSSR count). The molecule has 0 saturated carbocycles. The van der Waals surface area contributed by atoms with E-state index < -0.39 is 0 Å². The third kappa shape index (κ3) is 2.90. The topological polar surface area (TPSA) is 29.5 Å². The van der Waals surface area contributed by atoms with Crippen LogP contribution >= 0.6 is 12.6 Å². The molecule has 1 N–H and O–H groups in total. The second kappa shape index (κ2) is 5.46. The molecular weight excluding hydrogens is 196 g/mol. The summed E-state index contributed by atoms with van der Waals surface area (Å²) in [6.07, 6.45) is 0.743. The van der Waals surface area contributed by atoms with Crippen LogP contribution in [0.4, 0.5) is 0 Å². The van der Waals surface area contributed by atoms with Crippen LogP contribution in [0.5, 0.6) is 11.5 Å². The van der Waals surface area contributed by atoms with Crippen LogP contribution in [0.25, 0.3) is 0 Å². The first-order chi connectivity index (χ1) is 6.77. The molecule has 0 atom stereocenters. The minimum absolute atomic E-state index is 0.182. The van der Waals surface area contributed by atoms with E-state index >= 15 is 0 Å². The van der Waals surface area contributed by atoms with E-state index in [1.54, 1.807) is 25.3 Å². The van der Waals surface area contributed by atoms with Crippen LogP contribution < -0.4 is 4.74 Å². The van der Waals surface area contributed by atoms with Gasteiger partial charge in [-0.15, -0.1) is 0 Å². The van der Waals surface area contributed by atoms with Crippen LogP contribution in [-0.4, -0.2) is 18.0 Å². The molecule has 1 aromatic rings. The molecule has 0 spiro atoms. The van der Waals surface area contributed by atoms with Gasteiger partial charge in [0.2, 0.25) is 0 Å². The molecule has 0 heterocycles. The van der Waals surface area contributed by atoms with Crippen molar-refractivity contribution in [3.8, 4) is 23.3 Å². The van der Waals surface area contributed by atoms with Crippen LogP contribution in [0, 0.1) is 11.8 Å². The molecule has 0 aliphatic heterocycles. The van der Waals surface area contributed by atoms with E-state index in [1.807, 2.05) is 0 Å². The Bertz CT molecular complexity index is 363. The Labute approximate surface area is 89.3 Å². The Kier molecular flexibility index (Phi) is 4.21. The number of thiol groups is 1. The molecule has 0 fully saturated rings. The fraction of sp³-hybridized carbons (Fsp3) is 0.273. The zero-order chi connectivity index (χ0) is 10.4. The maximum Gasteiger partial charge on any atom is 0.138 e. The first kappa shape index (κ1) is 10.8. The largest absolute Gasteiger partial charge is 0.508 e. The van der Waals surface area contributed by atoms with E-state index in [-0.39, 0.29) is 5.75 Å². The molecule has 0 aliphatic carbocycles. The number of hydrogen-bond acceptors (Lipinski definition) is 3. The number of hydrogen-bond donors (Lipinski definition) is 2. The van der Waals surface area contributed by atoms with Crippen LogP contribution in [0.15, 0.2) is 18.2 Å². The van der Waals surface area contributed by atoms with Crippen molar-refractivity contribution in [1.82, 2.24) is 0 Å².